The highest BCUT2D eigenvalue weighted by atomic mass is 32.2. The lowest BCUT2D eigenvalue weighted by Crippen LogP contribution is -2.48. The van der Waals surface area contributed by atoms with Crippen LogP contribution in [0.25, 0.3) is 4.96 Å². The van der Waals surface area contributed by atoms with Gasteiger partial charge < -0.3 is 15.2 Å². The molecule has 0 amide bonds. The first kappa shape index (κ1) is 22.6. The largest absolute Gasteiger partial charge is 0.573 e. The SMILES string of the molecule is O=c1cc(CO)n2nc(C3CNCCN3S(=O)(=O)c3ccc(OC(F)(F)F)cc3)sc2n1. The fraction of sp³-hybridized carbons (Fsp3) is 0.353. The third-order valence-electron chi connectivity index (χ3n) is 4.65. The highest BCUT2D eigenvalue weighted by Gasteiger charge is 2.37. The number of alkyl halides is 3. The molecule has 3 heterocycles. The fourth-order valence-electron chi connectivity index (χ4n) is 3.27. The number of nitrogens with zero attached hydrogens (tertiary/aromatic N) is 4. The molecule has 1 unspecified atom stereocenters. The molecule has 0 saturated carbocycles. The summed E-state index contributed by atoms with van der Waals surface area (Å²) in [5.41, 5.74) is -0.349. The van der Waals surface area contributed by atoms with Crippen LogP contribution < -0.4 is 15.6 Å². The lowest BCUT2D eigenvalue weighted by Gasteiger charge is -2.33. The number of aliphatic hydroxyl groups is 1. The van der Waals surface area contributed by atoms with E-state index in [1.807, 2.05) is 0 Å². The molecule has 172 valence electrons. The van der Waals surface area contributed by atoms with Gasteiger partial charge in [0, 0.05) is 25.7 Å². The summed E-state index contributed by atoms with van der Waals surface area (Å²) < 4.78 is 69.9. The highest BCUT2D eigenvalue weighted by molar-refractivity contribution is 7.89. The van der Waals surface area contributed by atoms with Crippen molar-refractivity contribution in [2.75, 3.05) is 19.6 Å². The average Bonchev–Trinajstić information content (AvgIpc) is 3.16. The van der Waals surface area contributed by atoms with E-state index < -0.39 is 40.3 Å². The summed E-state index contributed by atoms with van der Waals surface area (Å²) in [5.74, 6) is -0.535. The third kappa shape index (κ3) is 4.47. The van der Waals surface area contributed by atoms with Crippen molar-refractivity contribution in [2.24, 2.45) is 0 Å². The van der Waals surface area contributed by atoms with E-state index in [1.54, 1.807) is 0 Å². The van der Waals surface area contributed by atoms with Crippen LogP contribution in [-0.4, -0.2) is 58.4 Å². The Morgan fingerprint density at radius 3 is 2.66 bits per heavy atom. The fourth-order valence-corrected chi connectivity index (χ4v) is 5.96. The molecular formula is C17H16F3N5O5S2. The quantitative estimate of drug-likeness (QED) is 0.539. The smallest absolute Gasteiger partial charge is 0.406 e. The van der Waals surface area contributed by atoms with Gasteiger partial charge in [-0.3, -0.25) is 4.79 Å². The standard InChI is InChI=1S/C17H16F3N5O5S2/c18-17(19,20)30-11-1-3-12(4-2-11)32(28,29)24-6-5-21-8-13(24)15-23-25-10(9-26)7-14(27)22-16(25)31-15/h1-4,7,13,21,26H,5-6,8-9H2. The van der Waals surface area contributed by atoms with Gasteiger partial charge in [0.1, 0.15) is 10.8 Å². The summed E-state index contributed by atoms with van der Waals surface area (Å²) in [6.07, 6.45) is -4.89. The molecule has 15 heteroatoms. The van der Waals surface area contributed by atoms with E-state index >= 15 is 0 Å². The van der Waals surface area contributed by atoms with Crippen LogP contribution in [-0.2, 0) is 16.6 Å². The topological polar surface area (TPSA) is 126 Å². The van der Waals surface area contributed by atoms with Crippen LogP contribution >= 0.6 is 11.3 Å². The van der Waals surface area contributed by atoms with Crippen LogP contribution in [0, 0.1) is 0 Å². The minimum absolute atomic E-state index is 0.0848. The van der Waals surface area contributed by atoms with Crippen LogP contribution in [0.3, 0.4) is 0 Å². The molecule has 0 aliphatic carbocycles. The van der Waals surface area contributed by atoms with E-state index in [4.69, 9.17) is 0 Å². The molecule has 1 fully saturated rings. The van der Waals surface area contributed by atoms with Gasteiger partial charge in [0.2, 0.25) is 15.0 Å². The molecule has 1 atom stereocenters. The Morgan fingerprint density at radius 2 is 2.00 bits per heavy atom. The minimum atomic E-state index is -4.89. The third-order valence-corrected chi connectivity index (χ3v) is 7.58. The van der Waals surface area contributed by atoms with E-state index in [0.717, 1.165) is 41.7 Å². The number of aromatic nitrogens is 3. The van der Waals surface area contributed by atoms with E-state index in [0.29, 0.717) is 11.6 Å². The van der Waals surface area contributed by atoms with Crippen molar-refractivity contribution in [2.45, 2.75) is 23.9 Å². The number of piperazine rings is 1. The number of rotatable bonds is 5. The zero-order chi connectivity index (χ0) is 23.1. The van der Waals surface area contributed by atoms with Crippen molar-refractivity contribution < 1.29 is 31.4 Å². The number of hydrogen-bond donors (Lipinski definition) is 2. The molecule has 3 aromatic rings. The Hall–Kier alpha value is -2.59. The first-order valence-electron chi connectivity index (χ1n) is 9.17. The van der Waals surface area contributed by atoms with Gasteiger partial charge in [-0.05, 0) is 24.3 Å². The second kappa shape index (κ2) is 8.40. The number of hydrogen-bond acceptors (Lipinski definition) is 9. The average molecular weight is 491 g/mol. The predicted molar refractivity (Wildman–Crippen MR) is 106 cm³/mol. The van der Waals surface area contributed by atoms with Gasteiger partial charge in [-0.25, -0.2) is 12.9 Å². The minimum Gasteiger partial charge on any atom is -0.406 e. The van der Waals surface area contributed by atoms with Crippen molar-refractivity contribution >= 4 is 26.3 Å². The Morgan fingerprint density at radius 1 is 1.28 bits per heavy atom. The monoisotopic (exact) mass is 491 g/mol. The summed E-state index contributed by atoms with van der Waals surface area (Å²) in [7, 11) is -4.10. The van der Waals surface area contributed by atoms with Crippen LogP contribution in [0.15, 0.2) is 40.0 Å². The molecule has 1 saturated heterocycles. The maximum absolute atomic E-state index is 13.3. The number of ether oxygens (including phenoxy) is 1. The number of aliphatic hydroxyl groups excluding tert-OH is 1. The normalized spacial score (nSPS) is 18.2. The van der Waals surface area contributed by atoms with Crippen molar-refractivity contribution in [3.8, 4) is 5.75 Å². The number of nitrogens with one attached hydrogen (secondary N) is 1. The summed E-state index contributed by atoms with van der Waals surface area (Å²) in [6.45, 7) is 0.197. The van der Waals surface area contributed by atoms with E-state index in [9.17, 15) is 31.5 Å². The van der Waals surface area contributed by atoms with E-state index in [1.165, 1.54) is 8.82 Å². The summed E-state index contributed by atoms with van der Waals surface area (Å²) in [4.78, 5) is 15.6. The lowest BCUT2D eigenvalue weighted by molar-refractivity contribution is -0.274. The predicted octanol–water partition coefficient (Wildman–Crippen LogP) is 0.877. The molecule has 0 bridgehead atoms. The molecular weight excluding hydrogens is 475 g/mol. The van der Waals surface area contributed by atoms with E-state index in [-0.39, 0.29) is 28.6 Å². The molecule has 1 aliphatic rings. The van der Waals surface area contributed by atoms with Gasteiger partial charge in [0.05, 0.1) is 23.2 Å². The maximum atomic E-state index is 13.3. The van der Waals surface area contributed by atoms with Crippen molar-refractivity contribution in [1.82, 2.24) is 24.2 Å². The van der Waals surface area contributed by atoms with Gasteiger partial charge in [-0.15, -0.1) is 13.2 Å². The Balaban J connectivity index is 1.69. The van der Waals surface area contributed by atoms with Gasteiger partial charge >= 0.3 is 6.36 Å². The van der Waals surface area contributed by atoms with Crippen LogP contribution in [0.1, 0.15) is 16.7 Å². The first-order valence-corrected chi connectivity index (χ1v) is 11.4. The Kier molecular flexibility index (Phi) is 5.93. The second-order valence-electron chi connectivity index (χ2n) is 6.73. The number of benzene rings is 1. The molecule has 2 aromatic heterocycles. The van der Waals surface area contributed by atoms with Gasteiger partial charge in [-0.2, -0.15) is 14.4 Å². The molecule has 0 spiro atoms. The lowest BCUT2D eigenvalue weighted by atomic mass is 10.2. The zero-order valence-corrected chi connectivity index (χ0v) is 17.7. The summed E-state index contributed by atoms with van der Waals surface area (Å²) >= 11 is 1.01. The summed E-state index contributed by atoms with van der Waals surface area (Å²) in [6, 6.07) is 4.31. The van der Waals surface area contributed by atoms with Crippen molar-refractivity contribution in [3.05, 3.63) is 51.4 Å². The highest BCUT2D eigenvalue weighted by Crippen LogP contribution is 2.32. The van der Waals surface area contributed by atoms with Crippen LogP contribution in [0.5, 0.6) is 5.75 Å². The molecule has 10 nitrogen and oxygen atoms in total. The van der Waals surface area contributed by atoms with Gasteiger partial charge in [0.15, 0.2) is 0 Å². The molecule has 2 N–H and O–H groups in total. The molecule has 0 radical (unpaired) electrons. The molecule has 4 rings (SSSR count). The summed E-state index contributed by atoms with van der Waals surface area (Å²) in [5, 5.41) is 17.2. The Labute approximate surface area is 182 Å². The number of fused-ring (bicyclic) bond motifs is 1. The van der Waals surface area contributed by atoms with Gasteiger partial charge in [-0.1, -0.05) is 11.3 Å². The Bertz CT molecular complexity index is 1290. The molecule has 1 aromatic carbocycles. The number of sulfonamides is 1. The van der Waals surface area contributed by atoms with Gasteiger partial charge in [0.25, 0.3) is 5.56 Å². The maximum Gasteiger partial charge on any atom is 0.573 e. The van der Waals surface area contributed by atoms with E-state index in [2.05, 4.69) is 20.1 Å². The number of halogens is 3. The first-order chi connectivity index (χ1) is 15.1. The molecule has 32 heavy (non-hydrogen) atoms. The van der Waals surface area contributed by atoms with Crippen LogP contribution in [0.4, 0.5) is 13.2 Å². The zero-order valence-electron chi connectivity index (χ0n) is 16.1. The van der Waals surface area contributed by atoms with Crippen molar-refractivity contribution in [3.63, 3.8) is 0 Å². The molecule has 1 aliphatic heterocycles. The second-order valence-corrected chi connectivity index (χ2v) is 9.61. The van der Waals surface area contributed by atoms with Crippen molar-refractivity contribution in [1.29, 1.82) is 0 Å². The van der Waals surface area contributed by atoms with Crippen LogP contribution in [0.2, 0.25) is 0 Å².